The van der Waals surface area contributed by atoms with Crippen LogP contribution < -0.4 is 0 Å². The van der Waals surface area contributed by atoms with E-state index in [1.54, 1.807) is 6.08 Å². The smallest absolute Gasteiger partial charge is 0.00992 e. The molecular formula is C26H26. The molecule has 0 fully saturated rings. The SMILES string of the molecule is C=C/C=C\C(=C)c1ccccc1-c1ccccc1-c1ccccc1.CC. The summed E-state index contributed by atoms with van der Waals surface area (Å²) in [5.41, 5.74) is 6.97. The summed E-state index contributed by atoms with van der Waals surface area (Å²) < 4.78 is 0. The lowest BCUT2D eigenvalue weighted by Crippen LogP contribution is -1.90. The van der Waals surface area contributed by atoms with Crippen molar-refractivity contribution in [3.05, 3.63) is 116 Å². The van der Waals surface area contributed by atoms with Crippen LogP contribution in [0.4, 0.5) is 0 Å². The summed E-state index contributed by atoms with van der Waals surface area (Å²) in [4.78, 5) is 0. The second-order valence-electron chi connectivity index (χ2n) is 5.58. The van der Waals surface area contributed by atoms with Gasteiger partial charge in [-0.2, -0.15) is 0 Å². The zero-order valence-electron chi connectivity index (χ0n) is 15.7. The van der Waals surface area contributed by atoms with Gasteiger partial charge in [-0.3, -0.25) is 0 Å². The van der Waals surface area contributed by atoms with E-state index in [9.17, 15) is 0 Å². The molecule has 0 saturated heterocycles. The van der Waals surface area contributed by atoms with Gasteiger partial charge in [-0.1, -0.05) is 124 Å². The summed E-state index contributed by atoms with van der Waals surface area (Å²) in [6.45, 7) is 11.9. The molecule has 0 nitrogen and oxygen atoms in total. The van der Waals surface area contributed by atoms with Crippen molar-refractivity contribution in [1.82, 2.24) is 0 Å². The van der Waals surface area contributed by atoms with E-state index in [1.165, 1.54) is 22.3 Å². The van der Waals surface area contributed by atoms with Crippen molar-refractivity contribution >= 4 is 5.57 Å². The van der Waals surface area contributed by atoms with Gasteiger partial charge in [0.1, 0.15) is 0 Å². The molecule has 0 aliphatic rings. The monoisotopic (exact) mass is 338 g/mol. The normalized spacial score (nSPS) is 10.1. The van der Waals surface area contributed by atoms with Gasteiger partial charge in [-0.15, -0.1) is 0 Å². The summed E-state index contributed by atoms with van der Waals surface area (Å²) in [6, 6.07) is 27.4. The van der Waals surface area contributed by atoms with E-state index in [1.807, 2.05) is 32.1 Å². The maximum absolute atomic E-state index is 4.22. The molecule has 0 N–H and O–H groups in total. The van der Waals surface area contributed by atoms with Gasteiger partial charge in [0.15, 0.2) is 0 Å². The first-order valence-corrected chi connectivity index (χ1v) is 9.03. The number of allylic oxidation sites excluding steroid dienone is 4. The second-order valence-corrected chi connectivity index (χ2v) is 5.58. The van der Waals surface area contributed by atoms with E-state index >= 15 is 0 Å². The van der Waals surface area contributed by atoms with Crippen molar-refractivity contribution in [2.24, 2.45) is 0 Å². The van der Waals surface area contributed by atoms with E-state index in [0.29, 0.717) is 0 Å². The molecule has 3 aromatic rings. The Morgan fingerprint density at radius 2 is 1.23 bits per heavy atom. The number of hydrogen-bond acceptors (Lipinski definition) is 0. The maximum atomic E-state index is 4.22. The molecule has 0 spiro atoms. The summed E-state index contributed by atoms with van der Waals surface area (Å²) in [5, 5.41) is 0. The fraction of sp³-hybridized carbons (Fsp3) is 0.0769. The van der Waals surface area contributed by atoms with Crippen LogP contribution in [0.5, 0.6) is 0 Å². The van der Waals surface area contributed by atoms with E-state index in [4.69, 9.17) is 0 Å². The molecule has 0 amide bonds. The third-order valence-electron chi connectivity index (χ3n) is 4.01. The van der Waals surface area contributed by atoms with Crippen molar-refractivity contribution < 1.29 is 0 Å². The topological polar surface area (TPSA) is 0 Å². The highest BCUT2D eigenvalue weighted by Crippen LogP contribution is 2.36. The van der Waals surface area contributed by atoms with Gasteiger partial charge < -0.3 is 0 Å². The van der Waals surface area contributed by atoms with Crippen LogP contribution in [0.15, 0.2) is 110 Å². The van der Waals surface area contributed by atoms with Crippen LogP contribution in [0.1, 0.15) is 19.4 Å². The lowest BCUT2D eigenvalue weighted by atomic mass is 9.89. The minimum atomic E-state index is 0.980. The summed E-state index contributed by atoms with van der Waals surface area (Å²) >= 11 is 0. The number of hydrogen-bond donors (Lipinski definition) is 0. The largest absolute Gasteiger partial charge is 0.0991 e. The molecule has 3 aromatic carbocycles. The van der Waals surface area contributed by atoms with Gasteiger partial charge in [-0.25, -0.2) is 0 Å². The van der Waals surface area contributed by atoms with Gasteiger partial charge in [0, 0.05) is 0 Å². The zero-order valence-corrected chi connectivity index (χ0v) is 15.7. The van der Waals surface area contributed by atoms with Crippen molar-refractivity contribution in [2.75, 3.05) is 0 Å². The van der Waals surface area contributed by atoms with Gasteiger partial charge in [0.05, 0.1) is 0 Å². The van der Waals surface area contributed by atoms with Gasteiger partial charge in [0.25, 0.3) is 0 Å². The van der Waals surface area contributed by atoms with Crippen LogP contribution in [0.25, 0.3) is 27.8 Å². The molecule has 26 heavy (non-hydrogen) atoms. The standard InChI is InChI=1S/C24H20.C2H6/c1-3-4-12-19(2)21-15-8-10-17-23(21)24-18-11-9-16-22(24)20-13-6-5-7-14-20;1-2/h3-18H,1-2H2;1-2H3/b12-4-;. The molecule has 0 heteroatoms. The first-order valence-electron chi connectivity index (χ1n) is 9.03. The Hall–Kier alpha value is -3.12. The molecule has 0 radical (unpaired) electrons. The van der Waals surface area contributed by atoms with Crippen LogP contribution in [-0.4, -0.2) is 0 Å². The summed E-state index contributed by atoms with van der Waals surface area (Å²) in [5.74, 6) is 0. The lowest BCUT2D eigenvalue weighted by molar-refractivity contribution is 1.50. The highest BCUT2D eigenvalue weighted by atomic mass is 14.1. The van der Waals surface area contributed by atoms with Crippen LogP contribution >= 0.6 is 0 Å². The van der Waals surface area contributed by atoms with Gasteiger partial charge >= 0.3 is 0 Å². The molecule has 130 valence electrons. The predicted molar refractivity (Wildman–Crippen MR) is 117 cm³/mol. The fourth-order valence-corrected chi connectivity index (χ4v) is 2.86. The van der Waals surface area contributed by atoms with Crippen molar-refractivity contribution in [2.45, 2.75) is 13.8 Å². The summed E-state index contributed by atoms with van der Waals surface area (Å²) in [7, 11) is 0. The highest BCUT2D eigenvalue weighted by Gasteiger charge is 2.11. The van der Waals surface area contributed by atoms with E-state index in [-0.39, 0.29) is 0 Å². The molecular weight excluding hydrogens is 312 g/mol. The Labute approximate surface area is 157 Å². The summed E-state index contributed by atoms with van der Waals surface area (Å²) in [6.07, 6.45) is 5.69. The third kappa shape index (κ3) is 4.49. The molecule has 0 aromatic heterocycles. The Kier molecular flexibility index (Phi) is 7.39. The maximum Gasteiger partial charge on any atom is -0.00992 e. The molecule has 0 bridgehead atoms. The first-order chi connectivity index (χ1) is 12.8. The second kappa shape index (κ2) is 10.0. The Morgan fingerprint density at radius 1 is 0.692 bits per heavy atom. The lowest BCUT2D eigenvalue weighted by Gasteiger charge is -2.14. The van der Waals surface area contributed by atoms with Crippen LogP contribution in [0.2, 0.25) is 0 Å². The van der Waals surface area contributed by atoms with Crippen molar-refractivity contribution in [3.63, 3.8) is 0 Å². The molecule has 0 atom stereocenters. The minimum absolute atomic E-state index is 0.980. The van der Waals surface area contributed by atoms with Gasteiger partial charge in [-0.05, 0) is 33.4 Å². The molecule has 0 aliphatic carbocycles. The van der Waals surface area contributed by atoms with E-state index in [0.717, 1.165) is 11.1 Å². The first kappa shape index (κ1) is 19.2. The van der Waals surface area contributed by atoms with Crippen LogP contribution in [-0.2, 0) is 0 Å². The minimum Gasteiger partial charge on any atom is -0.0991 e. The molecule has 0 aliphatic heterocycles. The quantitative estimate of drug-likeness (QED) is 0.416. The average molecular weight is 338 g/mol. The molecule has 0 heterocycles. The molecule has 0 saturated carbocycles. The van der Waals surface area contributed by atoms with E-state index in [2.05, 4.69) is 86.0 Å². The molecule has 0 unspecified atom stereocenters. The highest BCUT2D eigenvalue weighted by molar-refractivity contribution is 5.91. The number of rotatable bonds is 5. The van der Waals surface area contributed by atoms with Gasteiger partial charge in [0.2, 0.25) is 0 Å². The number of benzene rings is 3. The molecule has 3 rings (SSSR count). The van der Waals surface area contributed by atoms with Crippen LogP contribution in [0, 0.1) is 0 Å². The Morgan fingerprint density at radius 3 is 1.88 bits per heavy atom. The Balaban J connectivity index is 0.00000117. The Bertz CT molecular complexity index is 883. The average Bonchev–Trinajstić information content (AvgIpc) is 2.74. The van der Waals surface area contributed by atoms with Crippen LogP contribution in [0.3, 0.4) is 0 Å². The predicted octanol–water partition coefficient (Wildman–Crippen LogP) is 7.80. The third-order valence-corrected chi connectivity index (χ3v) is 4.01. The van der Waals surface area contributed by atoms with Crippen molar-refractivity contribution in [1.29, 1.82) is 0 Å². The zero-order chi connectivity index (χ0) is 18.8. The fourth-order valence-electron chi connectivity index (χ4n) is 2.86. The van der Waals surface area contributed by atoms with E-state index < -0.39 is 0 Å². The van der Waals surface area contributed by atoms with Crippen molar-refractivity contribution in [3.8, 4) is 22.3 Å².